The van der Waals surface area contributed by atoms with E-state index in [0.717, 1.165) is 11.8 Å². The summed E-state index contributed by atoms with van der Waals surface area (Å²) in [5.41, 5.74) is 1.37. The van der Waals surface area contributed by atoms with Crippen LogP contribution in [0.5, 0.6) is 17.2 Å². The number of carbonyl (C=O) groups is 2. The molecule has 2 amide bonds. The molecule has 0 aliphatic carbocycles. The molecule has 0 fully saturated rings. The summed E-state index contributed by atoms with van der Waals surface area (Å²) in [6.07, 6.45) is 0. The number of nitrogens with one attached hydrogen (secondary N) is 2. The van der Waals surface area contributed by atoms with E-state index < -0.39 is 5.82 Å². The van der Waals surface area contributed by atoms with Crippen molar-refractivity contribution in [1.82, 2.24) is 20.1 Å². The molecule has 202 valence electrons. The normalized spacial score (nSPS) is 10.6. The van der Waals surface area contributed by atoms with Crippen LogP contribution < -0.4 is 24.8 Å². The van der Waals surface area contributed by atoms with E-state index in [1.54, 1.807) is 66.3 Å². The Bertz CT molecular complexity index is 1460. The van der Waals surface area contributed by atoms with Crippen LogP contribution in [-0.2, 0) is 11.3 Å². The SMILES string of the molecule is COc1ccc(C(=O)NCc2nnc(SCC(=O)Nc3ccc(OC)cc3OC)n2-c2cccc(F)c2)cc1. The van der Waals surface area contributed by atoms with E-state index in [4.69, 9.17) is 14.2 Å². The second kappa shape index (κ2) is 12.8. The van der Waals surface area contributed by atoms with Gasteiger partial charge in [0.25, 0.3) is 5.91 Å². The molecule has 0 atom stereocenters. The van der Waals surface area contributed by atoms with Crippen molar-refractivity contribution in [2.45, 2.75) is 11.7 Å². The van der Waals surface area contributed by atoms with Crippen LogP contribution in [0.15, 0.2) is 71.9 Å². The van der Waals surface area contributed by atoms with Crippen LogP contribution in [0.3, 0.4) is 0 Å². The van der Waals surface area contributed by atoms with Crippen molar-refractivity contribution in [3.8, 4) is 22.9 Å². The van der Waals surface area contributed by atoms with E-state index >= 15 is 0 Å². The molecular weight excluding hydrogens is 525 g/mol. The van der Waals surface area contributed by atoms with Gasteiger partial charge in [0, 0.05) is 11.6 Å². The van der Waals surface area contributed by atoms with Crippen LogP contribution in [0.1, 0.15) is 16.2 Å². The number of thioether (sulfide) groups is 1. The predicted octanol–water partition coefficient (Wildman–Crippen LogP) is 4.09. The molecule has 0 radical (unpaired) electrons. The van der Waals surface area contributed by atoms with Gasteiger partial charge in [0.05, 0.1) is 45.0 Å². The predicted molar refractivity (Wildman–Crippen MR) is 144 cm³/mol. The van der Waals surface area contributed by atoms with Crippen molar-refractivity contribution in [2.75, 3.05) is 32.4 Å². The highest BCUT2D eigenvalue weighted by Crippen LogP contribution is 2.29. The number of hydrogen-bond donors (Lipinski definition) is 2. The van der Waals surface area contributed by atoms with Gasteiger partial charge < -0.3 is 24.8 Å². The number of hydrogen-bond acceptors (Lipinski definition) is 8. The summed E-state index contributed by atoms with van der Waals surface area (Å²) in [6.45, 7) is 0.0180. The fourth-order valence-corrected chi connectivity index (χ4v) is 4.38. The molecule has 0 saturated heterocycles. The zero-order valence-electron chi connectivity index (χ0n) is 21.4. The molecule has 0 unspecified atom stereocenters. The first-order valence-electron chi connectivity index (χ1n) is 11.7. The number of nitrogens with zero attached hydrogens (tertiary/aromatic N) is 3. The summed E-state index contributed by atoms with van der Waals surface area (Å²) in [7, 11) is 4.58. The number of rotatable bonds is 11. The quantitative estimate of drug-likeness (QED) is 0.268. The van der Waals surface area contributed by atoms with Gasteiger partial charge in [0.15, 0.2) is 11.0 Å². The molecule has 12 heteroatoms. The zero-order chi connectivity index (χ0) is 27.8. The fourth-order valence-electron chi connectivity index (χ4n) is 3.60. The molecule has 1 heterocycles. The van der Waals surface area contributed by atoms with Crippen LogP contribution in [-0.4, -0.2) is 53.7 Å². The van der Waals surface area contributed by atoms with Crippen LogP contribution >= 0.6 is 11.8 Å². The number of halogens is 1. The molecule has 39 heavy (non-hydrogen) atoms. The van der Waals surface area contributed by atoms with E-state index in [1.165, 1.54) is 26.4 Å². The van der Waals surface area contributed by atoms with Gasteiger partial charge in [-0.2, -0.15) is 0 Å². The lowest BCUT2D eigenvalue weighted by Gasteiger charge is -2.13. The first-order valence-corrected chi connectivity index (χ1v) is 12.7. The molecule has 2 N–H and O–H groups in total. The molecular formula is C27H26FN5O5S. The van der Waals surface area contributed by atoms with Gasteiger partial charge in [-0.05, 0) is 54.6 Å². The number of amides is 2. The van der Waals surface area contributed by atoms with Crippen molar-refractivity contribution < 1.29 is 28.2 Å². The van der Waals surface area contributed by atoms with E-state index in [0.29, 0.717) is 45.2 Å². The average Bonchev–Trinajstić information content (AvgIpc) is 3.37. The number of methoxy groups -OCH3 is 3. The highest BCUT2D eigenvalue weighted by Gasteiger charge is 2.18. The Balaban J connectivity index is 1.49. The zero-order valence-corrected chi connectivity index (χ0v) is 22.3. The maximum Gasteiger partial charge on any atom is 0.251 e. The number of carbonyl (C=O) groups excluding carboxylic acids is 2. The summed E-state index contributed by atoms with van der Waals surface area (Å²) in [5, 5.41) is 14.3. The summed E-state index contributed by atoms with van der Waals surface area (Å²) < 4.78 is 31.3. The van der Waals surface area contributed by atoms with Crippen LogP contribution in [0, 0.1) is 5.82 Å². The Morgan fingerprint density at radius 1 is 0.923 bits per heavy atom. The molecule has 0 saturated carbocycles. The second-order valence-electron chi connectivity index (χ2n) is 8.03. The monoisotopic (exact) mass is 551 g/mol. The van der Waals surface area contributed by atoms with Crippen LogP contribution in [0.25, 0.3) is 5.69 Å². The van der Waals surface area contributed by atoms with Gasteiger partial charge in [-0.15, -0.1) is 10.2 Å². The van der Waals surface area contributed by atoms with Gasteiger partial charge in [-0.1, -0.05) is 17.8 Å². The molecule has 0 aliphatic heterocycles. The Morgan fingerprint density at radius 3 is 2.36 bits per heavy atom. The lowest BCUT2D eigenvalue weighted by atomic mass is 10.2. The number of benzene rings is 3. The minimum atomic E-state index is -0.449. The van der Waals surface area contributed by atoms with E-state index in [1.807, 2.05) is 0 Å². The third kappa shape index (κ3) is 6.85. The smallest absolute Gasteiger partial charge is 0.251 e. The number of ether oxygens (including phenoxy) is 3. The molecule has 3 aromatic carbocycles. The minimum Gasteiger partial charge on any atom is -0.497 e. The van der Waals surface area contributed by atoms with Crippen LogP contribution in [0.2, 0.25) is 0 Å². The standard InChI is InChI=1S/C27H26FN5O5S/c1-36-20-9-7-17(8-10-20)26(35)29-15-24-31-32-27(33(24)19-6-4-5-18(28)13-19)39-16-25(34)30-22-12-11-21(37-2)14-23(22)38-3/h4-14H,15-16H2,1-3H3,(H,29,35)(H,30,34). The third-order valence-corrected chi connectivity index (χ3v) is 6.47. The highest BCUT2D eigenvalue weighted by atomic mass is 32.2. The molecule has 4 rings (SSSR count). The number of anilines is 1. The van der Waals surface area contributed by atoms with Crippen molar-refractivity contribution in [3.63, 3.8) is 0 Å². The largest absolute Gasteiger partial charge is 0.497 e. The van der Waals surface area contributed by atoms with Crippen LogP contribution in [0.4, 0.5) is 10.1 Å². The Morgan fingerprint density at radius 2 is 1.67 bits per heavy atom. The van der Waals surface area contributed by atoms with E-state index in [9.17, 15) is 14.0 Å². The number of aromatic nitrogens is 3. The molecule has 1 aromatic heterocycles. The van der Waals surface area contributed by atoms with Crippen molar-refractivity contribution >= 4 is 29.3 Å². The van der Waals surface area contributed by atoms with Crippen molar-refractivity contribution in [3.05, 3.63) is 83.9 Å². The first kappa shape index (κ1) is 27.5. The van der Waals surface area contributed by atoms with Gasteiger partial charge in [-0.3, -0.25) is 14.2 Å². The average molecular weight is 552 g/mol. The summed E-state index contributed by atoms with van der Waals surface area (Å²) in [6, 6.07) is 17.6. The molecule has 0 spiro atoms. The molecule has 0 aliphatic rings. The maximum absolute atomic E-state index is 14.1. The van der Waals surface area contributed by atoms with Gasteiger partial charge in [-0.25, -0.2) is 4.39 Å². The van der Waals surface area contributed by atoms with Gasteiger partial charge >= 0.3 is 0 Å². The lowest BCUT2D eigenvalue weighted by Crippen LogP contribution is -2.24. The van der Waals surface area contributed by atoms with Crippen molar-refractivity contribution in [1.29, 1.82) is 0 Å². The first-order chi connectivity index (χ1) is 18.9. The fraction of sp³-hybridized carbons (Fsp3) is 0.185. The maximum atomic E-state index is 14.1. The Kier molecular flexibility index (Phi) is 9.00. The molecule has 0 bridgehead atoms. The van der Waals surface area contributed by atoms with Gasteiger partial charge in [0.1, 0.15) is 23.1 Å². The lowest BCUT2D eigenvalue weighted by molar-refractivity contribution is -0.113. The van der Waals surface area contributed by atoms with E-state index in [-0.39, 0.29) is 24.1 Å². The van der Waals surface area contributed by atoms with Gasteiger partial charge in [0.2, 0.25) is 5.91 Å². The van der Waals surface area contributed by atoms with E-state index in [2.05, 4.69) is 20.8 Å². The Labute approximate surface area is 228 Å². The molecule has 4 aromatic rings. The summed E-state index contributed by atoms with van der Waals surface area (Å²) in [4.78, 5) is 25.4. The highest BCUT2D eigenvalue weighted by molar-refractivity contribution is 7.99. The topological polar surface area (TPSA) is 117 Å². The third-order valence-electron chi connectivity index (χ3n) is 5.54. The second-order valence-corrected chi connectivity index (χ2v) is 8.97. The molecule has 10 nitrogen and oxygen atoms in total. The minimum absolute atomic E-state index is 0.0131. The Hall–Kier alpha value is -4.58. The van der Waals surface area contributed by atoms with Crippen molar-refractivity contribution in [2.24, 2.45) is 0 Å². The summed E-state index contributed by atoms with van der Waals surface area (Å²) >= 11 is 1.11. The summed E-state index contributed by atoms with van der Waals surface area (Å²) in [5.74, 6) is 0.936.